The van der Waals surface area contributed by atoms with Crippen molar-refractivity contribution in [2.24, 2.45) is 0 Å². The van der Waals surface area contributed by atoms with Crippen molar-refractivity contribution in [3.05, 3.63) is 30.3 Å². The van der Waals surface area contributed by atoms with E-state index in [0.29, 0.717) is 51.6 Å². The van der Waals surface area contributed by atoms with Crippen LogP contribution in [-0.2, 0) is 14.3 Å². The molecule has 0 radical (unpaired) electrons. The average molecular weight is 389 g/mol. The second-order valence-electron chi connectivity index (χ2n) is 6.82. The number of carbonyl (C=O) groups excluding carboxylic acids is 3. The van der Waals surface area contributed by atoms with E-state index in [1.807, 2.05) is 18.2 Å². The van der Waals surface area contributed by atoms with Gasteiger partial charge in [0.05, 0.1) is 26.3 Å². The SMILES string of the molecule is O=C(NCC(=O)N1CCN(C(=O)CN2CCOCC2)CC1)Nc1ccccc1. The lowest BCUT2D eigenvalue weighted by atomic mass is 10.3. The van der Waals surface area contributed by atoms with Crippen LogP contribution in [0.3, 0.4) is 0 Å². The van der Waals surface area contributed by atoms with Gasteiger partial charge in [-0.2, -0.15) is 0 Å². The van der Waals surface area contributed by atoms with E-state index in [9.17, 15) is 14.4 Å². The summed E-state index contributed by atoms with van der Waals surface area (Å²) in [5.74, 6) is -0.0575. The Morgan fingerprint density at radius 3 is 2.11 bits per heavy atom. The zero-order valence-corrected chi connectivity index (χ0v) is 15.9. The fraction of sp³-hybridized carbons (Fsp3) is 0.526. The number of rotatable bonds is 5. The Balaban J connectivity index is 1.35. The molecule has 4 amide bonds. The second-order valence-corrected chi connectivity index (χ2v) is 6.82. The molecule has 0 bridgehead atoms. The maximum absolute atomic E-state index is 12.4. The van der Waals surface area contributed by atoms with Crippen LogP contribution in [-0.4, -0.2) is 98.1 Å². The van der Waals surface area contributed by atoms with Crippen LogP contribution in [0.5, 0.6) is 0 Å². The van der Waals surface area contributed by atoms with Gasteiger partial charge in [0.2, 0.25) is 11.8 Å². The van der Waals surface area contributed by atoms with Crippen molar-refractivity contribution in [1.82, 2.24) is 20.0 Å². The Hall–Kier alpha value is -2.65. The zero-order valence-electron chi connectivity index (χ0n) is 15.9. The van der Waals surface area contributed by atoms with Crippen molar-refractivity contribution in [3.63, 3.8) is 0 Å². The Kier molecular flexibility index (Phi) is 7.21. The van der Waals surface area contributed by atoms with E-state index in [4.69, 9.17) is 4.74 Å². The Labute approximate surface area is 164 Å². The van der Waals surface area contributed by atoms with Gasteiger partial charge < -0.3 is 25.2 Å². The first-order valence-corrected chi connectivity index (χ1v) is 9.57. The summed E-state index contributed by atoms with van der Waals surface area (Å²) in [6, 6.07) is 8.63. The van der Waals surface area contributed by atoms with Gasteiger partial charge in [0, 0.05) is 45.0 Å². The molecule has 3 rings (SSSR count). The molecular formula is C19H27N5O4. The number of ether oxygens (including phenoxy) is 1. The molecule has 0 spiro atoms. The van der Waals surface area contributed by atoms with Crippen LogP contribution in [0.1, 0.15) is 0 Å². The molecule has 2 aliphatic rings. The first kappa shape index (κ1) is 20.1. The van der Waals surface area contributed by atoms with Crippen LogP contribution in [0.25, 0.3) is 0 Å². The van der Waals surface area contributed by atoms with Crippen molar-refractivity contribution >= 4 is 23.5 Å². The van der Waals surface area contributed by atoms with Crippen molar-refractivity contribution in [3.8, 4) is 0 Å². The molecule has 9 nitrogen and oxygen atoms in total. The number of morpholine rings is 1. The molecule has 1 aromatic rings. The number of hydrogen-bond acceptors (Lipinski definition) is 5. The largest absolute Gasteiger partial charge is 0.379 e. The smallest absolute Gasteiger partial charge is 0.319 e. The van der Waals surface area contributed by atoms with Crippen LogP contribution in [0.15, 0.2) is 30.3 Å². The normalized spacial score (nSPS) is 17.9. The van der Waals surface area contributed by atoms with Crippen molar-refractivity contribution in [2.45, 2.75) is 0 Å². The molecule has 0 aromatic heterocycles. The lowest BCUT2D eigenvalue weighted by molar-refractivity contribution is -0.140. The molecule has 2 heterocycles. The molecular weight excluding hydrogens is 362 g/mol. The van der Waals surface area contributed by atoms with E-state index >= 15 is 0 Å². The Morgan fingerprint density at radius 1 is 0.857 bits per heavy atom. The van der Waals surface area contributed by atoms with Gasteiger partial charge in [-0.15, -0.1) is 0 Å². The van der Waals surface area contributed by atoms with Crippen molar-refractivity contribution in [1.29, 1.82) is 0 Å². The van der Waals surface area contributed by atoms with E-state index in [0.717, 1.165) is 13.1 Å². The quantitative estimate of drug-likeness (QED) is 0.728. The molecule has 2 saturated heterocycles. The summed E-state index contributed by atoms with van der Waals surface area (Å²) < 4.78 is 5.30. The highest BCUT2D eigenvalue weighted by molar-refractivity contribution is 5.92. The second kappa shape index (κ2) is 10.0. The molecule has 0 saturated carbocycles. The number of hydrogen-bond donors (Lipinski definition) is 2. The maximum Gasteiger partial charge on any atom is 0.319 e. The van der Waals surface area contributed by atoms with Crippen LogP contribution >= 0.6 is 0 Å². The highest BCUT2D eigenvalue weighted by Gasteiger charge is 2.25. The summed E-state index contributed by atoms with van der Waals surface area (Å²) in [6.45, 7) is 5.23. The summed E-state index contributed by atoms with van der Waals surface area (Å²) in [5.41, 5.74) is 0.667. The van der Waals surface area contributed by atoms with Crippen molar-refractivity contribution in [2.75, 3.05) is 70.9 Å². The minimum Gasteiger partial charge on any atom is -0.379 e. The number of nitrogens with zero attached hydrogens (tertiary/aromatic N) is 3. The summed E-state index contributed by atoms with van der Waals surface area (Å²) in [5, 5.41) is 5.25. The Bertz CT molecular complexity index is 670. The summed E-state index contributed by atoms with van der Waals surface area (Å²) in [7, 11) is 0. The van der Waals surface area contributed by atoms with E-state index in [1.54, 1.807) is 21.9 Å². The Morgan fingerprint density at radius 2 is 1.46 bits per heavy atom. The van der Waals surface area contributed by atoms with E-state index < -0.39 is 6.03 Å². The van der Waals surface area contributed by atoms with Crippen LogP contribution < -0.4 is 10.6 Å². The molecule has 0 unspecified atom stereocenters. The molecule has 1 aromatic carbocycles. The number of urea groups is 1. The van der Waals surface area contributed by atoms with Gasteiger partial charge in [-0.1, -0.05) is 18.2 Å². The fourth-order valence-corrected chi connectivity index (χ4v) is 3.22. The van der Waals surface area contributed by atoms with Gasteiger partial charge in [0.25, 0.3) is 0 Å². The van der Waals surface area contributed by atoms with E-state index in [1.165, 1.54) is 0 Å². The third kappa shape index (κ3) is 5.93. The predicted octanol–water partition coefficient (Wildman–Crippen LogP) is -0.189. The third-order valence-corrected chi connectivity index (χ3v) is 4.88. The van der Waals surface area contributed by atoms with Gasteiger partial charge in [0.1, 0.15) is 0 Å². The lowest BCUT2D eigenvalue weighted by Gasteiger charge is -2.36. The molecule has 0 aliphatic carbocycles. The third-order valence-electron chi connectivity index (χ3n) is 4.88. The fourth-order valence-electron chi connectivity index (χ4n) is 3.22. The molecule has 28 heavy (non-hydrogen) atoms. The molecule has 0 atom stereocenters. The topological polar surface area (TPSA) is 94.2 Å². The summed E-state index contributed by atoms with van der Waals surface area (Å²) in [4.78, 5) is 42.2. The van der Waals surface area contributed by atoms with E-state index in [2.05, 4.69) is 15.5 Å². The predicted molar refractivity (Wildman–Crippen MR) is 104 cm³/mol. The standard InChI is InChI=1S/C19H27N5O4/c25-17(14-20-19(27)21-16-4-2-1-3-5-16)23-6-8-24(9-7-23)18(26)15-22-10-12-28-13-11-22/h1-5H,6-15H2,(H2,20,21,27). The van der Waals surface area contributed by atoms with Crippen LogP contribution in [0, 0.1) is 0 Å². The maximum atomic E-state index is 12.4. The van der Waals surface area contributed by atoms with Gasteiger partial charge in [-0.3, -0.25) is 14.5 Å². The van der Waals surface area contributed by atoms with Gasteiger partial charge in [0.15, 0.2) is 0 Å². The highest BCUT2D eigenvalue weighted by Crippen LogP contribution is 2.06. The molecule has 152 valence electrons. The van der Waals surface area contributed by atoms with Crippen molar-refractivity contribution < 1.29 is 19.1 Å². The first-order chi connectivity index (χ1) is 13.6. The minimum absolute atomic E-state index is 0.0691. The number of anilines is 1. The monoisotopic (exact) mass is 389 g/mol. The average Bonchev–Trinajstić information content (AvgIpc) is 2.73. The molecule has 2 fully saturated rings. The van der Waals surface area contributed by atoms with E-state index in [-0.39, 0.29) is 18.4 Å². The van der Waals surface area contributed by atoms with Crippen LogP contribution in [0.2, 0.25) is 0 Å². The highest BCUT2D eigenvalue weighted by atomic mass is 16.5. The minimum atomic E-state index is -0.418. The summed E-state index contributed by atoms with van der Waals surface area (Å²) >= 11 is 0. The van der Waals surface area contributed by atoms with Gasteiger partial charge in [-0.05, 0) is 12.1 Å². The number of nitrogens with one attached hydrogen (secondary N) is 2. The van der Waals surface area contributed by atoms with Gasteiger partial charge >= 0.3 is 6.03 Å². The summed E-state index contributed by atoms with van der Waals surface area (Å²) in [6.07, 6.45) is 0. The van der Waals surface area contributed by atoms with Crippen LogP contribution in [0.4, 0.5) is 10.5 Å². The number of piperazine rings is 1. The molecule has 2 aliphatic heterocycles. The number of amides is 4. The number of carbonyl (C=O) groups is 3. The first-order valence-electron chi connectivity index (χ1n) is 9.57. The lowest BCUT2D eigenvalue weighted by Crippen LogP contribution is -2.54. The van der Waals surface area contributed by atoms with Gasteiger partial charge in [-0.25, -0.2) is 4.79 Å². The molecule has 2 N–H and O–H groups in total. The zero-order chi connectivity index (χ0) is 19.8. The molecule has 9 heteroatoms. The number of benzene rings is 1. The number of para-hydroxylation sites is 1.